The molecule has 0 radical (unpaired) electrons. The zero-order chi connectivity index (χ0) is 34.2. The molecule has 50 heavy (non-hydrogen) atoms. The number of hydrogen-bond donors (Lipinski definition) is 0. The number of hydrogen-bond acceptors (Lipinski definition) is 3. The van der Waals surface area contributed by atoms with Crippen LogP contribution in [0.4, 0.5) is 0 Å². The fourth-order valence-corrected chi connectivity index (χ4v) is 8.91. The van der Waals surface area contributed by atoms with Gasteiger partial charge < -0.3 is 0 Å². The second-order valence-corrected chi connectivity index (χ2v) is 15.3. The van der Waals surface area contributed by atoms with Gasteiger partial charge in [0.2, 0.25) is 0 Å². The Labute approximate surface area is 324 Å². The second kappa shape index (κ2) is 13.8. The van der Waals surface area contributed by atoms with Crippen LogP contribution >= 0.6 is 63.7 Å². The van der Waals surface area contributed by atoms with Gasteiger partial charge in [-0.3, -0.25) is 4.57 Å². The molecule has 0 unspecified atom stereocenters. The molecule has 7 aromatic rings. The van der Waals surface area contributed by atoms with Gasteiger partial charge in [-0.15, -0.1) is 0 Å². The van der Waals surface area contributed by atoms with Crippen molar-refractivity contribution in [2.24, 2.45) is 9.98 Å². The average Bonchev–Trinajstić information content (AvgIpc) is 3.74. The first-order chi connectivity index (χ1) is 24.4. The van der Waals surface area contributed by atoms with Crippen molar-refractivity contribution in [3.8, 4) is 33.9 Å². The van der Waals surface area contributed by atoms with Gasteiger partial charge in [0.25, 0.3) is 5.79 Å². The highest BCUT2D eigenvalue weighted by Gasteiger charge is 2.46. The highest BCUT2D eigenvalue weighted by molar-refractivity contribution is 9.11. The Balaban J connectivity index is 1.59. The Bertz CT molecular complexity index is 2350. The van der Waals surface area contributed by atoms with Crippen molar-refractivity contribution in [1.29, 1.82) is 0 Å². The first-order valence-corrected chi connectivity index (χ1v) is 19.1. The zero-order valence-electron chi connectivity index (χ0n) is 26.3. The summed E-state index contributed by atoms with van der Waals surface area (Å²) < 4.78 is 5.87. The summed E-state index contributed by atoms with van der Waals surface area (Å²) in [6.45, 7) is 0. The van der Waals surface area contributed by atoms with Gasteiger partial charge in [0.05, 0.1) is 22.8 Å². The summed E-state index contributed by atoms with van der Waals surface area (Å²) in [6.07, 6.45) is 0. The number of rotatable bonds is 7. The molecule has 0 N–H and O–H groups in total. The number of aromatic nitrogens is 2. The Morgan fingerprint density at radius 1 is 0.460 bits per heavy atom. The normalized spacial score (nSPS) is 13.6. The lowest BCUT2D eigenvalue weighted by Crippen LogP contribution is -2.32. The summed E-state index contributed by atoms with van der Waals surface area (Å²) >= 11 is 15.2. The molecular formula is C42H26Br4N4. The quantitative estimate of drug-likeness (QED) is 0.157. The fraction of sp³-hybridized carbons (Fsp3) is 0.0238. The molecule has 6 aromatic carbocycles. The largest absolute Gasteiger partial charge is 0.275 e. The SMILES string of the molecule is Brc1ccc(-c2nc(-c3ccccc3)c(-c3ccccc3)n2C2(c3ccc(Br)cc3Br)N=C(c3ccccc3)C(c3ccccc3)=N2)c(Br)c1. The maximum atomic E-state index is 5.77. The monoisotopic (exact) mass is 902 g/mol. The molecule has 2 heterocycles. The smallest absolute Gasteiger partial charge is 0.262 e. The number of benzene rings is 6. The molecule has 0 spiro atoms. The van der Waals surface area contributed by atoms with Crippen LogP contribution in [0.25, 0.3) is 33.9 Å². The summed E-state index contributed by atoms with van der Waals surface area (Å²) in [4.78, 5) is 17.1. The number of imidazole rings is 1. The summed E-state index contributed by atoms with van der Waals surface area (Å²) in [6, 6.07) is 53.7. The summed E-state index contributed by atoms with van der Waals surface area (Å²) in [5.74, 6) is -0.616. The van der Waals surface area contributed by atoms with Gasteiger partial charge in [0.1, 0.15) is 5.82 Å². The van der Waals surface area contributed by atoms with Crippen LogP contribution in [0.3, 0.4) is 0 Å². The van der Waals surface area contributed by atoms with E-state index in [4.69, 9.17) is 15.0 Å². The third-order valence-electron chi connectivity index (χ3n) is 8.60. The van der Waals surface area contributed by atoms with E-state index in [1.54, 1.807) is 0 Å². The van der Waals surface area contributed by atoms with Gasteiger partial charge in [-0.2, -0.15) is 0 Å². The van der Waals surface area contributed by atoms with E-state index in [9.17, 15) is 0 Å². The van der Waals surface area contributed by atoms with Crippen LogP contribution in [0.1, 0.15) is 16.7 Å². The molecule has 4 nitrogen and oxygen atoms in total. The van der Waals surface area contributed by atoms with Gasteiger partial charge in [-0.05, 0) is 46.3 Å². The standard InChI is InChI=1S/C42H26Br4N4/c43-31-21-23-33(35(45)25-31)41-47-39(29-17-9-3-10-18-29)40(30-19-11-4-12-20-30)50(41)42(34-24-22-32(44)26-36(34)46)48-37(27-13-5-1-6-14-27)38(49-42)28-15-7-2-8-16-28/h1-26H. The minimum absolute atomic E-state index is 0.714. The van der Waals surface area contributed by atoms with Crippen LogP contribution < -0.4 is 0 Å². The molecule has 0 atom stereocenters. The summed E-state index contributed by atoms with van der Waals surface area (Å²) in [5.41, 5.74) is 9.00. The lowest BCUT2D eigenvalue weighted by molar-refractivity contribution is 0.407. The number of nitrogens with zero attached hydrogens (tertiary/aromatic N) is 4. The van der Waals surface area contributed by atoms with Gasteiger partial charge in [-0.25, -0.2) is 15.0 Å². The van der Waals surface area contributed by atoms with E-state index in [1.165, 1.54) is 0 Å². The Kier molecular flexibility index (Phi) is 9.12. The number of halogens is 4. The lowest BCUT2D eigenvalue weighted by atomic mass is 10.0. The van der Waals surface area contributed by atoms with Crippen molar-refractivity contribution >= 4 is 75.1 Å². The van der Waals surface area contributed by atoms with Crippen molar-refractivity contribution < 1.29 is 0 Å². The third-order valence-corrected chi connectivity index (χ3v) is 10.9. The third kappa shape index (κ3) is 5.98. The van der Waals surface area contributed by atoms with Crippen LogP contribution in [-0.4, -0.2) is 21.0 Å². The molecule has 8 rings (SSSR count). The Morgan fingerprint density at radius 3 is 1.42 bits per heavy atom. The van der Waals surface area contributed by atoms with Crippen molar-refractivity contribution in [3.05, 3.63) is 192 Å². The van der Waals surface area contributed by atoms with Crippen LogP contribution in [-0.2, 0) is 5.79 Å². The number of aliphatic imine (C=N–C) groups is 2. The summed E-state index contributed by atoms with van der Waals surface area (Å²) in [5, 5.41) is 0. The van der Waals surface area contributed by atoms with Gasteiger partial charge in [-0.1, -0.05) is 175 Å². The molecule has 0 fully saturated rings. The van der Waals surface area contributed by atoms with Crippen molar-refractivity contribution in [2.75, 3.05) is 0 Å². The van der Waals surface area contributed by atoms with Crippen LogP contribution in [0.2, 0.25) is 0 Å². The highest BCUT2D eigenvalue weighted by Crippen LogP contribution is 2.49. The predicted molar refractivity (Wildman–Crippen MR) is 219 cm³/mol. The van der Waals surface area contributed by atoms with Crippen LogP contribution in [0.15, 0.2) is 186 Å². The summed E-state index contributed by atoms with van der Waals surface area (Å²) in [7, 11) is 0. The van der Waals surface area contributed by atoms with E-state index >= 15 is 0 Å². The minimum atomic E-state index is -1.33. The zero-order valence-corrected chi connectivity index (χ0v) is 32.7. The van der Waals surface area contributed by atoms with E-state index in [-0.39, 0.29) is 0 Å². The van der Waals surface area contributed by atoms with E-state index in [1.807, 2.05) is 78.9 Å². The molecule has 0 aliphatic carbocycles. The maximum Gasteiger partial charge on any atom is 0.262 e. The Hall–Kier alpha value is -4.21. The first kappa shape index (κ1) is 33.0. The van der Waals surface area contributed by atoms with Crippen molar-refractivity contribution in [3.63, 3.8) is 0 Å². The van der Waals surface area contributed by atoms with E-state index < -0.39 is 5.79 Å². The molecule has 1 aliphatic rings. The van der Waals surface area contributed by atoms with Crippen LogP contribution in [0, 0.1) is 0 Å². The van der Waals surface area contributed by atoms with Gasteiger partial charge in [0.15, 0.2) is 0 Å². The molecule has 0 bridgehead atoms. The predicted octanol–water partition coefficient (Wildman–Crippen LogP) is 12.6. The average molecular weight is 906 g/mol. The molecule has 0 saturated heterocycles. The molecule has 1 aliphatic heterocycles. The van der Waals surface area contributed by atoms with Gasteiger partial charge >= 0.3 is 0 Å². The molecular weight excluding hydrogens is 880 g/mol. The molecule has 0 saturated carbocycles. The van der Waals surface area contributed by atoms with E-state index in [0.29, 0.717) is 5.82 Å². The maximum absolute atomic E-state index is 5.77. The van der Waals surface area contributed by atoms with Crippen LogP contribution in [0.5, 0.6) is 0 Å². The minimum Gasteiger partial charge on any atom is -0.275 e. The fourth-order valence-electron chi connectivity index (χ4n) is 6.37. The lowest BCUT2D eigenvalue weighted by Gasteiger charge is -2.31. The van der Waals surface area contributed by atoms with E-state index in [0.717, 1.165) is 74.1 Å². The molecule has 242 valence electrons. The topological polar surface area (TPSA) is 42.5 Å². The molecule has 1 aromatic heterocycles. The second-order valence-electron chi connectivity index (χ2n) is 11.7. The molecule has 8 heteroatoms. The first-order valence-electron chi connectivity index (χ1n) is 15.9. The Morgan fingerprint density at radius 2 is 0.920 bits per heavy atom. The molecule has 0 amide bonds. The van der Waals surface area contributed by atoms with Crippen molar-refractivity contribution in [1.82, 2.24) is 9.55 Å². The van der Waals surface area contributed by atoms with Gasteiger partial charge in [0, 0.05) is 51.3 Å². The van der Waals surface area contributed by atoms with Crippen molar-refractivity contribution in [2.45, 2.75) is 5.79 Å². The highest BCUT2D eigenvalue weighted by atomic mass is 79.9. The van der Waals surface area contributed by atoms with E-state index in [2.05, 4.69) is 147 Å².